The average Bonchev–Trinajstić information content (AvgIpc) is 2.67. The molecule has 1 heterocycles. The van der Waals surface area contributed by atoms with Gasteiger partial charge in [0.15, 0.2) is 19.7 Å². The van der Waals surface area contributed by atoms with Crippen LogP contribution in [0.4, 0.5) is 17.6 Å². The fraction of sp³-hybridized carbons (Fsp3) is 0.400. The molecule has 11 heteroatoms. The van der Waals surface area contributed by atoms with Gasteiger partial charge in [-0.2, -0.15) is 13.2 Å². The van der Waals surface area contributed by atoms with E-state index in [9.17, 15) is 34.4 Å². The Morgan fingerprint density at radius 1 is 1.03 bits per heavy atom. The van der Waals surface area contributed by atoms with Gasteiger partial charge in [-0.3, -0.25) is 0 Å². The van der Waals surface area contributed by atoms with Crippen molar-refractivity contribution in [3.63, 3.8) is 0 Å². The number of rotatable bonds is 4. The first-order chi connectivity index (χ1) is 14.1. The molecule has 0 radical (unpaired) electrons. The summed E-state index contributed by atoms with van der Waals surface area (Å²) in [7, 11) is -7.90. The predicted molar refractivity (Wildman–Crippen MR) is 104 cm³/mol. The molecule has 0 saturated carbocycles. The maximum Gasteiger partial charge on any atom is 0.416 e. The van der Waals surface area contributed by atoms with Gasteiger partial charge in [0.2, 0.25) is 0 Å². The fourth-order valence-electron chi connectivity index (χ4n) is 3.54. The van der Waals surface area contributed by atoms with Crippen molar-refractivity contribution in [1.82, 2.24) is 0 Å². The molecule has 0 amide bonds. The second-order valence-electron chi connectivity index (χ2n) is 7.75. The van der Waals surface area contributed by atoms with Gasteiger partial charge in [0, 0.05) is 18.4 Å². The smallest absolute Gasteiger partial charge is 0.373 e. The molecule has 2 unspecified atom stereocenters. The maximum atomic E-state index is 14.4. The van der Waals surface area contributed by atoms with Crippen LogP contribution < -0.4 is 0 Å². The van der Waals surface area contributed by atoms with E-state index in [1.807, 2.05) is 0 Å². The molecule has 0 aromatic heterocycles. The van der Waals surface area contributed by atoms with Crippen molar-refractivity contribution in [2.24, 2.45) is 0 Å². The zero-order valence-corrected chi connectivity index (χ0v) is 18.2. The van der Waals surface area contributed by atoms with Crippen LogP contribution in [-0.4, -0.2) is 34.4 Å². The van der Waals surface area contributed by atoms with Crippen LogP contribution >= 0.6 is 0 Å². The van der Waals surface area contributed by atoms with Crippen LogP contribution in [-0.2, 0) is 30.6 Å². The van der Waals surface area contributed by atoms with E-state index >= 15 is 0 Å². The minimum Gasteiger partial charge on any atom is -0.373 e. The van der Waals surface area contributed by atoms with E-state index in [0.29, 0.717) is 6.07 Å². The van der Waals surface area contributed by atoms with Crippen LogP contribution in [0.15, 0.2) is 52.3 Å². The summed E-state index contributed by atoms with van der Waals surface area (Å²) in [6.45, 7) is 1.28. The largest absolute Gasteiger partial charge is 0.416 e. The van der Waals surface area contributed by atoms with E-state index in [4.69, 9.17) is 4.74 Å². The zero-order chi connectivity index (χ0) is 23.2. The van der Waals surface area contributed by atoms with Gasteiger partial charge in [0.1, 0.15) is 5.82 Å². The molecule has 1 fully saturated rings. The number of benzene rings is 2. The summed E-state index contributed by atoms with van der Waals surface area (Å²) in [4.78, 5) is -0.642. The fourth-order valence-corrected chi connectivity index (χ4v) is 6.03. The van der Waals surface area contributed by atoms with Gasteiger partial charge in [-0.1, -0.05) is 6.07 Å². The highest BCUT2D eigenvalue weighted by molar-refractivity contribution is 7.92. The van der Waals surface area contributed by atoms with Gasteiger partial charge in [-0.15, -0.1) is 0 Å². The number of hydrogen-bond donors (Lipinski definition) is 0. The van der Waals surface area contributed by atoms with Crippen LogP contribution in [0.5, 0.6) is 0 Å². The number of ether oxygens (including phenoxy) is 1. The third-order valence-electron chi connectivity index (χ3n) is 5.43. The lowest BCUT2D eigenvalue weighted by Gasteiger charge is -2.38. The maximum absolute atomic E-state index is 14.4. The summed E-state index contributed by atoms with van der Waals surface area (Å²) in [5.74, 6) is -0.766. The Morgan fingerprint density at radius 2 is 1.71 bits per heavy atom. The summed E-state index contributed by atoms with van der Waals surface area (Å²) in [5.41, 5.74) is -1.21. The zero-order valence-electron chi connectivity index (χ0n) is 16.6. The molecule has 2 atom stereocenters. The number of halogens is 4. The Kier molecular flexibility index (Phi) is 6.00. The second-order valence-corrected chi connectivity index (χ2v) is 12.2. The first-order valence-electron chi connectivity index (χ1n) is 9.18. The third kappa shape index (κ3) is 4.63. The van der Waals surface area contributed by atoms with E-state index in [0.717, 1.165) is 42.7 Å². The van der Waals surface area contributed by atoms with Crippen molar-refractivity contribution in [1.29, 1.82) is 0 Å². The van der Waals surface area contributed by atoms with Gasteiger partial charge in [-0.05, 0) is 56.2 Å². The molecule has 5 nitrogen and oxygen atoms in total. The Balaban J connectivity index is 2.01. The van der Waals surface area contributed by atoms with Gasteiger partial charge in [0.05, 0.1) is 26.2 Å². The second kappa shape index (κ2) is 7.86. The Hall–Kier alpha value is -1.98. The number of hydrogen-bond acceptors (Lipinski definition) is 5. The van der Waals surface area contributed by atoms with Crippen molar-refractivity contribution < 1.29 is 39.1 Å². The Morgan fingerprint density at radius 3 is 2.32 bits per heavy atom. The van der Waals surface area contributed by atoms with Gasteiger partial charge >= 0.3 is 6.18 Å². The highest BCUT2D eigenvalue weighted by Gasteiger charge is 2.46. The summed E-state index contributed by atoms with van der Waals surface area (Å²) >= 11 is 0. The topological polar surface area (TPSA) is 77.5 Å². The standard InChI is InChI=1S/C20H20F4O5S2/c1-19(31(27,28)15-5-3-4-13(10-15)20(22,23)24)8-9-29-18(12-19)16-11-14(30(2,25)26)6-7-17(16)21/h3-7,10-11,18H,8-9,12H2,1-2H3. The van der Waals surface area contributed by atoms with Crippen LogP contribution in [0.25, 0.3) is 0 Å². The summed E-state index contributed by atoms with van der Waals surface area (Å²) in [6.07, 6.45) is -5.11. The quantitative estimate of drug-likeness (QED) is 0.481. The lowest BCUT2D eigenvalue weighted by atomic mass is 9.92. The Labute approximate surface area is 177 Å². The van der Waals surface area contributed by atoms with Gasteiger partial charge in [0.25, 0.3) is 0 Å². The van der Waals surface area contributed by atoms with Gasteiger partial charge < -0.3 is 4.74 Å². The predicted octanol–water partition coefficient (Wildman–Crippen LogP) is 4.33. The van der Waals surface area contributed by atoms with E-state index in [1.165, 1.54) is 6.92 Å². The molecule has 0 N–H and O–H groups in total. The van der Waals surface area contributed by atoms with Gasteiger partial charge in [-0.25, -0.2) is 21.2 Å². The van der Waals surface area contributed by atoms with E-state index in [2.05, 4.69) is 0 Å². The van der Waals surface area contributed by atoms with E-state index < -0.39 is 53.0 Å². The molecule has 2 aromatic carbocycles. The first-order valence-corrected chi connectivity index (χ1v) is 12.6. The molecule has 2 aromatic rings. The number of sulfone groups is 2. The lowest BCUT2D eigenvalue weighted by molar-refractivity contribution is -0.137. The van der Waals surface area contributed by atoms with Crippen molar-refractivity contribution in [3.05, 3.63) is 59.4 Å². The number of alkyl halides is 3. The van der Waals surface area contributed by atoms with E-state index in [-0.39, 0.29) is 29.9 Å². The molecule has 1 aliphatic rings. The molecule has 3 rings (SSSR count). The molecular weight excluding hydrogens is 460 g/mol. The third-order valence-corrected chi connectivity index (χ3v) is 9.08. The molecule has 1 aliphatic heterocycles. The van der Waals surface area contributed by atoms with E-state index in [1.54, 1.807) is 0 Å². The molecule has 0 spiro atoms. The molecule has 170 valence electrons. The first kappa shape index (κ1) is 23.7. The molecule has 0 bridgehead atoms. The molecule has 0 aliphatic carbocycles. The van der Waals surface area contributed by atoms with Crippen molar-refractivity contribution >= 4 is 19.7 Å². The minimum absolute atomic E-state index is 0.0184. The Bertz CT molecular complexity index is 1210. The molecule has 31 heavy (non-hydrogen) atoms. The highest BCUT2D eigenvalue weighted by Crippen LogP contribution is 2.43. The summed E-state index contributed by atoms with van der Waals surface area (Å²) < 4.78 is 108. The van der Waals surface area contributed by atoms with Crippen molar-refractivity contribution in [2.75, 3.05) is 12.9 Å². The average molecular weight is 481 g/mol. The monoisotopic (exact) mass is 480 g/mol. The normalized spacial score (nSPS) is 23.0. The van der Waals surface area contributed by atoms with Crippen molar-refractivity contribution in [2.45, 2.75) is 46.6 Å². The van der Waals surface area contributed by atoms with Crippen LogP contribution in [0.2, 0.25) is 0 Å². The van der Waals surface area contributed by atoms with Crippen molar-refractivity contribution in [3.8, 4) is 0 Å². The summed E-state index contributed by atoms with van der Waals surface area (Å²) in [6, 6.07) is 6.61. The molecular formula is C20H20F4O5S2. The SMILES string of the molecule is CC1(S(=O)(=O)c2cccc(C(F)(F)F)c2)CCOC(c2cc(S(C)(=O)=O)ccc2F)C1. The van der Waals surface area contributed by atoms with Crippen LogP contribution in [0, 0.1) is 5.82 Å². The van der Waals surface area contributed by atoms with Crippen LogP contribution in [0.1, 0.15) is 37.0 Å². The minimum atomic E-state index is -4.71. The highest BCUT2D eigenvalue weighted by atomic mass is 32.2. The van der Waals surface area contributed by atoms with Crippen LogP contribution in [0.3, 0.4) is 0 Å². The lowest BCUT2D eigenvalue weighted by Crippen LogP contribution is -2.42. The summed E-state index contributed by atoms with van der Waals surface area (Å²) in [5, 5.41) is 0. The molecule has 1 saturated heterocycles.